The first-order valence-electron chi connectivity index (χ1n) is 11.8. The van der Waals surface area contributed by atoms with Crippen LogP contribution in [0.1, 0.15) is 62.2 Å². The van der Waals surface area contributed by atoms with Crippen LogP contribution in [0.2, 0.25) is 0 Å². The number of nitrogens with zero attached hydrogens (tertiary/aromatic N) is 4. The van der Waals surface area contributed by atoms with Crippen LogP contribution in [0.25, 0.3) is 11.7 Å². The van der Waals surface area contributed by atoms with Gasteiger partial charge in [0.15, 0.2) is 5.56 Å². The van der Waals surface area contributed by atoms with E-state index in [2.05, 4.69) is 10.4 Å². The number of morpholine rings is 1. The van der Waals surface area contributed by atoms with Crippen molar-refractivity contribution in [2.45, 2.75) is 72.1 Å². The Bertz CT molecular complexity index is 1200. The van der Waals surface area contributed by atoms with Gasteiger partial charge in [0.2, 0.25) is 11.8 Å². The molecule has 0 spiro atoms. The second-order valence-electron chi connectivity index (χ2n) is 9.80. The topological polar surface area (TPSA) is 118 Å². The Kier molecular flexibility index (Phi) is 6.53. The number of carbonyl (C=O) groups excluding carboxylic acids is 2. The molecular weight excluding hydrogens is 438 g/mol. The predicted molar refractivity (Wildman–Crippen MR) is 127 cm³/mol. The summed E-state index contributed by atoms with van der Waals surface area (Å²) in [5, 5.41) is 18.2. The molecule has 2 amide bonds. The van der Waals surface area contributed by atoms with Crippen LogP contribution in [-0.4, -0.2) is 67.3 Å². The highest BCUT2D eigenvalue weighted by atomic mass is 16.5. The van der Waals surface area contributed by atoms with E-state index in [-0.39, 0.29) is 41.4 Å². The first kappa shape index (κ1) is 24.0. The highest BCUT2D eigenvalue weighted by Gasteiger charge is 2.31. The zero-order valence-electron chi connectivity index (χ0n) is 20.4. The van der Waals surface area contributed by atoms with E-state index in [0.717, 1.165) is 17.4 Å². The van der Waals surface area contributed by atoms with Crippen LogP contribution in [0.3, 0.4) is 0 Å². The van der Waals surface area contributed by atoms with Crippen molar-refractivity contribution in [3.8, 4) is 5.88 Å². The fraction of sp³-hybridized carbons (Fsp3) is 0.583. The van der Waals surface area contributed by atoms with Gasteiger partial charge in [0, 0.05) is 24.2 Å². The maximum Gasteiger partial charge on any atom is 0.291 e. The number of amides is 2. The summed E-state index contributed by atoms with van der Waals surface area (Å²) in [6.07, 6.45) is 4.82. The fourth-order valence-electron chi connectivity index (χ4n) is 4.46. The van der Waals surface area contributed by atoms with E-state index < -0.39 is 11.5 Å². The largest absolute Gasteiger partial charge is 0.494 e. The molecule has 4 rings (SSSR count). The normalized spacial score (nSPS) is 21.1. The van der Waals surface area contributed by atoms with Gasteiger partial charge < -0.3 is 20.1 Å². The second kappa shape index (κ2) is 9.25. The lowest BCUT2D eigenvalue weighted by Crippen LogP contribution is -2.51. The summed E-state index contributed by atoms with van der Waals surface area (Å²) in [4.78, 5) is 40.8. The Morgan fingerprint density at radius 1 is 1.24 bits per heavy atom. The number of ether oxygens (including phenoxy) is 1. The molecule has 10 heteroatoms. The van der Waals surface area contributed by atoms with E-state index in [0.29, 0.717) is 36.7 Å². The van der Waals surface area contributed by atoms with E-state index in [1.165, 1.54) is 10.6 Å². The van der Waals surface area contributed by atoms with Gasteiger partial charge in [-0.25, -0.2) is 0 Å². The van der Waals surface area contributed by atoms with E-state index >= 15 is 0 Å². The number of aromatic nitrogens is 3. The molecule has 0 radical (unpaired) electrons. The molecule has 1 saturated heterocycles. The second-order valence-corrected chi connectivity index (χ2v) is 9.80. The van der Waals surface area contributed by atoms with Crippen LogP contribution in [0.15, 0.2) is 10.9 Å². The number of aryl methyl sites for hydroxylation is 1. The van der Waals surface area contributed by atoms with Crippen LogP contribution in [0.4, 0.5) is 0 Å². The third kappa shape index (κ3) is 4.46. The van der Waals surface area contributed by atoms with Gasteiger partial charge in [-0.1, -0.05) is 13.8 Å². The van der Waals surface area contributed by atoms with Gasteiger partial charge in [-0.2, -0.15) is 9.61 Å². The van der Waals surface area contributed by atoms with Gasteiger partial charge in [-0.05, 0) is 45.6 Å². The number of hydrogen-bond donors (Lipinski definition) is 2. The first-order chi connectivity index (χ1) is 16.1. The summed E-state index contributed by atoms with van der Waals surface area (Å²) in [6, 6.07) is -0.0717. The van der Waals surface area contributed by atoms with Crippen LogP contribution in [0, 0.1) is 12.8 Å². The number of rotatable bonds is 6. The van der Waals surface area contributed by atoms with Crippen LogP contribution in [-0.2, 0) is 16.1 Å². The molecule has 0 bridgehead atoms. The minimum absolute atomic E-state index is 0.0365. The molecule has 1 aliphatic carbocycles. The maximum atomic E-state index is 13.2. The lowest BCUT2D eigenvalue weighted by molar-refractivity contribution is -0.138. The fourth-order valence-corrected chi connectivity index (χ4v) is 4.46. The number of carbonyl (C=O) groups is 2. The van der Waals surface area contributed by atoms with Crippen LogP contribution < -0.4 is 10.9 Å². The summed E-state index contributed by atoms with van der Waals surface area (Å²) in [5.74, 6) is -1.04. The molecule has 184 valence electrons. The molecular formula is C24H33N5O5. The van der Waals surface area contributed by atoms with Crippen LogP contribution in [0.5, 0.6) is 5.88 Å². The Labute approximate surface area is 198 Å². The quantitative estimate of drug-likeness (QED) is 0.620. The Morgan fingerprint density at radius 2 is 1.88 bits per heavy atom. The zero-order valence-corrected chi connectivity index (χ0v) is 20.4. The van der Waals surface area contributed by atoms with E-state index in [1.54, 1.807) is 17.9 Å². The third-order valence-electron chi connectivity index (χ3n) is 6.22. The van der Waals surface area contributed by atoms with Gasteiger partial charge in [0.25, 0.3) is 11.5 Å². The van der Waals surface area contributed by atoms with Crippen molar-refractivity contribution < 1.29 is 19.4 Å². The predicted octanol–water partition coefficient (Wildman–Crippen LogP) is 1.71. The molecule has 1 saturated carbocycles. The number of fused-ring (bicyclic) bond motifs is 1. The highest BCUT2D eigenvalue weighted by Crippen LogP contribution is 2.26. The summed E-state index contributed by atoms with van der Waals surface area (Å²) < 4.78 is 8.20. The van der Waals surface area contributed by atoms with Gasteiger partial charge in [-0.3, -0.25) is 19.0 Å². The molecule has 2 fully saturated rings. The van der Waals surface area contributed by atoms with E-state index in [1.807, 2.05) is 27.7 Å². The number of hydrogen-bond acceptors (Lipinski definition) is 6. The highest BCUT2D eigenvalue weighted by molar-refractivity contribution is 5.97. The van der Waals surface area contributed by atoms with Gasteiger partial charge >= 0.3 is 0 Å². The summed E-state index contributed by atoms with van der Waals surface area (Å²) in [7, 11) is 0. The first-order valence-corrected chi connectivity index (χ1v) is 11.8. The van der Waals surface area contributed by atoms with Gasteiger partial charge in [0.1, 0.15) is 5.65 Å². The standard InChI is InChI=1S/C24H33N5O5/c1-13(2)10-27-22-18(8-9-19(30)28-14(3)11-34-12-15(28)4)16(5)26-29(22)24(33)20(23(27)32)21(31)25-17-6-7-17/h8-9,13-15,17,32H,6-7,10-12H2,1-5H3,(H,25,31)/b9-8+/t14-,15-/m1/s1. The molecule has 2 aromatic rings. The van der Waals surface area contributed by atoms with Crippen molar-refractivity contribution in [3.05, 3.63) is 33.3 Å². The SMILES string of the molecule is Cc1nn2c(=O)c(C(=O)NC3CC3)c(O)n(CC(C)C)c2c1/C=C/C(=O)N1[C@H](C)COC[C@H]1C. The molecule has 34 heavy (non-hydrogen) atoms. The minimum atomic E-state index is -0.685. The lowest BCUT2D eigenvalue weighted by Gasteiger charge is -2.38. The molecule has 2 atom stereocenters. The molecule has 2 aromatic heterocycles. The van der Waals surface area contributed by atoms with Crippen molar-refractivity contribution in [2.24, 2.45) is 5.92 Å². The zero-order chi connectivity index (χ0) is 24.7. The maximum absolute atomic E-state index is 13.2. The van der Waals surface area contributed by atoms with Crippen molar-refractivity contribution in [3.63, 3.8) is 0 Å². The molecule has 2 N–H and O–H groups in total. The van der Waals surface area contributed by atoms with E-state index in [4.69, 9.17) is 4.74 Å². The van der Waals surface area contributed by atoms with Crippen molar-refractivity contribution in [2.75, 3.05) is 13.2 Å². The molecule has 1 aliphatic heterocycles. The summed E-state index contributed by atoms with van der Waals surface area (Å²) >= 11 is 0. The molecule has 0 aromatic carbocycles. The average Bonchev–Trinajstić information content (AvgIpc) is 3.50. The summed E-state index contributed by atoms with van der Waals surface area (Å²) in [6.45, 7) is 10.9. The molecule has 0 unspecified atom stereocenters. The Morgan fingerprint density at radius 3 is 2.47 bits per heavy atom. The monoisotopic (exact) mass is 471 g/mol. The third-order valence-corrected chi connectivity index (χ3v) is 6.22. The van der Waals surface area contributed by atoms with Gasteiger partial charge in [-0.15, -0.1) is 0 Å². The van der Waals surface area contributed by atoms with Crippen LogP contribution >= 0.6 is 0 Å². The molecule has 3 heterocycles. The van der Waals surface area contributed by atoms with Crippen molar-refractivity contribution in [1.82, 2.24) is 24.4 Å². The number of aromatic hydroxyl groups is 1. The van der Waals surface area contributed by atoms with Crippen molar-refractivity contribution in [1.29, 1.82) is 0 Å². The minimum Gasteiger partial charge on any atom is -0.494 e. The summed E-state index contributed by atoms with van der Waals surface area (Å²) in [5.41, 5.74) is 0.411. The Balaban J connectivity index is 1.81. The average molecular weight is 472 g/mol. The number of nitrogens with one attached hydrogen (secondary N) is 1. The lowest BCUT2D eigenvalue weighted by atomic mass is 10.1. The smallest absolute Gasteiger partial charge is 0.291 e. The van der Waals surface area contributed by atoms with Gasteiger partial charge in [0.05, 0.1) is 31.0 Å². The molecule has 10 nitrogen and oxygen atoms in total. The molecule has 2 aliphatic rings. The Hall–Kier alpha value is -3.14. The van der Waals surface area contributed by atoms with E-state index in [9.17, 15) is 19.5 Å². The van der Waals surface area contributed by atoms with Crippen molar-refractivity contribution >= 4 is 23.5 Å².